The summed E-state index contributed by atoms with van der Waals surface area (Å²) in [5.41, 5.74) is 2.40. The van der Waals surface area contributed by atoms with E-state index in [0.29, 0.717) is 5.71 Å². The summed E-state index contributed by atoms with van der Waals surface area (Å²) >= 11 is 2.77. The molecule has 108 valence electrons. The van der Waals surface area contributed by atoms with Gasteiger partial charge in [-0.25, -0.2) is 0 Å². The lowest BCUT2D eigenvalue weighted by Gasteiger charge is -1.94. The number of fused-ring (bicyclic) bond motifs is 2. The molecule has 0 amide bonds. The molecule has 0 N–H and O–H groups in total. The van der Waals surface area contributed by atoms with Crippen molar-refractivity contribution in [3.05, 3.63) is 58.9 Å². The van der Waals surface area contributed by atoms with Crippen LogP contribution in [0.1, 0.15) is 5.56 Å². The lowest BCUT2D eigenvalue weighted by molar-refractivity contribution is -0.105. The van der Waals surface area contributed by atoms with Crippen molar-refractivity contribution in [2.45, 2.75) is 4.90 Å². The van der Waals surface area contributed by atoms with E-state index >= 15 is 0 Å². The maximum atomic E-state index is 12.1. The number of nitrogens with zero attached hydrogens (tertiary/aromatic N) is 3. The molecular weight excluding hydrogens is 314 g/mol. The van der Waals surface area contributed by atoms with Crippen molar-refractivity contribution >= 4 is 44.1 Å². The summed E-state index contributed by atoms with van der Waals surface area (Å²) in [6, 6.07) is 15.8. The number of carbonyl (C=O) groups excluding carboxylic acids is 1. The number of rotatable bonds is 1. The fraction of sp³-hybridized carbons (Fsp3) is 0.0625. The van der Waals surface area contributed by atoms with Gasteiger partial charge in [0, 0.05) is 17.5 Å². The normalized spacial score (nSPS) is 16.7. The van der Waals surface area contributed by atoms with Crippen molar-refractivity contribution in [1.82, 2.24) is 4.57 Å². The third kappa shape index (κ3) is 2.12. The first-order valence-electron chi connectivity index (χ1n) is 6.72. The molecule has 0 spiro atoms. The lowest BCUT2D eigenvalue weighted by atomic mass is 10.1. The Labute approximate surface area is 134 Å². The molecule has 0 radical (unpaired) electrons. The van der Waals surface area contributed by atoms with Gasteiger partial charge in [0.15, 0.2) is 0 Å². The molecule has 4 rings (SSSR count). The molecule has 1 aliphatic heterocycles. The molecule has 3 aromatic rings. The molecule has 0 bridgehead atoms. The van der Waals surface area contributed by atoms with Crippen molar-refractivity contribution in [2.75, 3.05) is 0 Å². The molecule has 6 heteroatoms. The maximum absolute atomic E-state index is 12.1. The van der Waals surface area contributed by atoms with E-state index in [0.717, 1.165) is 25.5 Å². The van der Waals surface area contributed by atoms with Gasteiger partial charge < -0.3 is 4.57 Å². The first-order chi connectivity index (χ1) is 10.7. The molecule has 0 unspecified atom stereocenters. The molecule has 0 atom stereocenters. The van der Waals surface area contributed by atoms with Crippen molar-refractivity contribution in [2.24, 2.45) is 17.3 Å². The van der Waals surface area contributed by atoms with Gasteiger partial charge in [0.1, 0.15) is 5.71 Å². The number of hydrogen-bond acceptors (Lipinski definition) is 5. The monoisotopic (exact) mass is 325 g/mol. The van der Waals surface area contributed by atoms with Gasteiger partial charge in [0.25, 0.3) is 0 Å². The van der Waals surface area contributed by atoms with Crippen LogP contribution in [0.15, 0.2) is 63.6 Å². The first kappa shape index (κ1) is 13.5. The highest BCUT2D eigenvalue weighted by atomic mass is 32.2. The van der Waals surface area contributed by atoms with Crippen LogP contribution in [-0.4, -0.2) is 15.4 Å². The number of hydrogen-bond donors (Lipinski definition) is 0. The van der Waals surface area contributed by atoms with Gasteiger partial charge in [0.05, 0.1) is 10.2 Å². The molecular formula is C16H11N3OS2. The van der Waals surface area contributed by atoms with Crippen LogP contribution in [0.4, 0.5) is 0 Å². The van der Waals surface area contributed by atoms with Crippen LogP contribution >= 0.6 is 23.1 Å². The van der Waals surface area contributed by atoms with Gasteiger partial charge in [-0.2, -0.15) is 0 Å². The van der Waals surface area contributed by atoms with E-state index in [1.807, 2.05) is 54.1 Å². The van der Waals surface area contributed by atoms with Crippen LogP contribution in [0.5, 0.6) is 0 Å². The van der Waals surface area contributed by atoms with Crippen LogP contribution in [0.2, 0.25) is 0 Å². The highest BCUT2D eigenvalue weighted by Crippen LogP contribution is 2.32. The van der Waals surface area contributed by atoms with E-state index in [1.54, 1.807) is 11.3 Å². The third-order valence-electron chi connectivity index (χ3n) is 3.49. The van der Waals surface area contributed by atoms with Gasteiger partial charge >= 0.3 is 0 Å². The SMILES string of the molecule is Cn1/c(=N\N=C2/C(=O)Sc3ccccc32)sc2ccccc21. The maximum Gasteiger partial charge on any atom is 0.245 e. The minimum absolute atomic E-state index is 0.0475. The van der Waals surface area contributed by atoms with E-state index in [-0.39, 0.29) is 5.12 Å². The van der Waals surface area contributed by atoms with Gasteiger partial charge in [-0.3, -0.25) is 4.79 Å². The number of benzene rings is 2. The quantitative estimate of drug-likeness (QED) is 0.645. The van der Waals surface area contributed by atoms with Crippen LogP contribution in [0, 0.1) is 0 Å². The Morgan fingerprint density at radius 2 is 1.77 bits per heavy atom. The molecule has 2 heterocycles. The number of thioether (sulfide) groups is 1. The molecule has 2 aromatic carbocycles. The zero-order valence-electron chi connectivity index (χ0n) is 11.7. The zero-order chi connectivity index (χ0) is 15.1. The Bertz CT molecular complexity index is 998. The molecule has 0 saturated carbocycles. The molecule has 1 aliphatic rings. The highest BCUT2D eigenvalue weighted by Gasteiger charge is 2.27. The second-order valence-corrected chi connectivity index (χ2v) is 6.87. The summed E-state index contributed by atoms with van der Waals surface area (Å²) < 4.78 is 3.14. The smallest absolute Gasteiger partial charge is 0.245 e. The van der Waals surface area contributed by atoms with E-state index in [9.17, 15) is 4.79 Å². The second-order valence-electron chi connectivity index (χ2n) is 4.85. The zero-order valence-corrected chi connectivity index (χ0v) is 13.3. The minimum Gasteiger partial charge on any atom is -0.318 e. The van der Waals surface area contributed by atoms with Crippen molar-refractivity contribution < 1.29 is 4.79 Å². The minimum atomic E-state index is -0.0475. The topological polar surface area (TPSA) is 46.7 Å². The average molecular weight is 325 g/mol. The molecule has 0 fully saturated rings. The standard InChI is InChI=1S/C16H11N3OS2/c1-19-11-7-3-5-9-13(11)22-16(19)18-17-14-10-6-2-4-8-12(10)21-15(14)20/h2-9H,1H3/b17-14-,18-16+. The predicted molar refractivity (Wildman–Crippen MR) is 90.2 cm³/mol. The summed E-state index contributed by atoms with van der Waals surface area (Å²) in [4.78, 5) is 13.8. The van der Waals surface area contributed by atoms with E-state index in [2.05, 4.69) is 16.3 Å². The summed E-state index contributed by atoms with van der Waals surface area (Å²) in [7, 11) is 1.96. The highest BCUT2D eigenvalue weighted by molar-refractivity contribution is 8.16. The molecule has 0 saturated heterocycles. The number of para-hydroxylation sites is 1. The van der Waals surface area contributed by atoms with E-state index in [4.69, 9.17) is 0 Å². The Hall–Kier alpha value is -2.18. The molecule has 0 aliphatic carbocycles. The van der Waals surface area contributed by atoms with Gasteiger partial charge in [-0.1, -0.05) is 41.7 Å². The second kappa shape index (κ2) is 5.23. The Kier molecular flexibility index (Phi) is 3.20. The van der Waals surface area contributed by atoms with Gasteiger partial charge in [-0.05, 0) is 30.0 Å². The fourth-order valence-corrected chi connectivity index (χ4v) is 4.21. The first-order valence-corrected chi connectivity index (χ1v) is 8.35. The van der Waals surface area contributed by atoms with E-state index in [1.165, 1.54) is 11.8 Å². The van der Waals surface area contributed by atoms with Gasteiger partial charge in [0.2, 0.25) is 9.92 Å². The summed E-state index contributed by atoms with van der Waals surface area (Å²) in [5.74, 6) is 0. The molecule has 22 heavy (non-hydrogen) atoms. The number of aryl methyl sites for hydroxylation is 1. The summed E-state index contributed by atoms with van der Waals surface area (Å²) in [6.45, 7) is 0. The Morgan fingerprint density at radius 3 is 2.64 bits per heavy atom. The number of aromatic nitrogens is 1. The number of carbonyl (C=O) groups is 1. The van der Waals surface area contributed by atoms with Crippen molar-refractivity contribution in [3.63, 3.8) is 0 Å². The lowest BCUT2D eigenvalue weighted by Crippen LogP contribution is -2.11. The summed E-state index contributed by atoms with van der Waals surface area (Å²) in [5, 5.41) is 8.49. The molecule has 1 aromatic heterocycles. The van der Waals surface area contributed by atoms with E-state index < -0.39 is 0 Å². The van der Waals surface area contributed by atoms with Crippen LogP contribution in [-0.2, 0) is 11.8 Å². The largest absolute Gasteiger partial charge is 0.318 e. The van der Waals surface area contributed by atoms with Gasteiger partial charge in [-0.15, -0.1) is 10.2 Å². The number of thiazole rings is 1. The third-order valence-corrected chi connectivity index (χ3v) is 5.55. The van der Waals surface area contributed by atoms with Crippen molar-refractivity contribution in [1.29, 1.82) is 0 Å². The van der Waals surface area contributed by atoms with Crippen molar-refractivity contribution in [3.8, 4) is 0 Å². The van der Waals surface area contributed by atoms with Crippen LogP contribution in [0.25, 0.3) is 10.2 Å². The van der Waals surface area contributed by atoms with Crippen LogP contribution < -0.4 is 4.80 Å². The fourth-order valence-electron chi connectivity index (χ4n) is 2.37. The van der Waals surface area contributed by atoms with Crippen LogP contribution in [0.3, 0.4) is 0 Å². The molecule has 4 nitrogen and oxygen atoms in total. The summed E-state index contributed by atoms with van der Waals surface area (Å²) in [6.07, 6.45) is 0. The Balaban J connectivity index is 1.86. The average Bonchev–Trinajstić information content (AvgIpc) is 3.03. The predicted octanol–water partition coefficient (Wildman–Crippen LogP) is 3.18. The Morgan fingerprint density at radius 1 is 1.00 bits per heavy atom.